The lowest BCUT2D eigenvalue weighted by molar-refractivity contribution is 0.264. The fourth-order valence-electron chi connectivity index (χ4n) is 1.74. The zero-order chi connectivity index (χ0) is 15.5. The lowest BCUT2D eigenvalue weighted by atomic mass is 10.1. The molecule has 0 amide bonds. The summed E-state index contributed by atoms with van der Waals surface area (Å²) in [4.78, 5) is 0. The number of benzene rings is 1. The molecule has 0 atom stereocenters. The van der Waals surface area contributed by atoms with Gasteiger partial charge >= 0.3 is 0 Å². The first-order valence-electron chi connectivity index (χ1n) is 6.73. The van der Waals surface area contributed by atoms with Gasteiger partial charge in [0.25, 0.3) is 0 Å². The number of hydrogen-bond donors (Lipinski definition) is 1. The van der Waals surface area contributed by atoms with Gasteiger partial charge in [0, 0.05) is 23.7 Å². The molecule has 0 unspecified atom stereocenters. The summed E-state index contributed by atoms with van der Waals surface area (Å²) in [6.45, 7) is 7.27. The van der Waals surface area contributed by atoms with E-state index >= 15 is 0 Å². The van der Waals surface area contributed by atoms with Gasteiger partial charge in [-0.2, -0.15) is 0 Å². The molecule has 0 aliphatic rings. The molecule has 2 rings (SSSR count). The van der Waals surface area contributed by atoms with E-state index in [1.807, 2.05) is 6.07 Å². The Balaban J connectivity index is 2.01. The van der Waals surface area contributed by atoms with Crippen molar-refractivity contribution in [1.82, 2.24) is 5.32 Å². The molecule has 0 aliphatic carbocycles. The van der Waals surface area contributed by atoms with E-state index in [0.717, 1.165) is 11.3 Å². The number of halogens is 2. The van der Waals surface area contributed by atoms with Crippen LogP contribution in [0.5, 0.6) is 5.75 Å². The van der Waals surface area contributed by atoms with Gasteiger partial charge in [-0.05, 0) is 54.9 Å². The average Bonchev–Trinajstić information content (AvgIpc) is 2.84. The van der Waals surface area contributed by atoms with Crippen molar-refractivity contribution in [3.8, 4) is 5.75 Å². The minimum atomic E-state index is -0.331. The maximum absolute atomic E-state index is 13.2. The number of furan rings is 1. The van der Waals surface area contributed by atoms with Crippen LogP contribution >= 0.6 is 15.9 Å². The van der Waals surface area contributed by atoms with Gasteiger partial charge in [0.15, 0.2) is 0 Å². The first kappa shape index (κ1) is 16.0. The molecule has 5 heteroatoms. The molecule has 0 spiro atoms. The molecule has 0 fully saturated rings. The van der Waals surface area contributed by atoms with Crippen molar-refractivity contribution in [1.29, 1.82) is 0 Å². The molecule has 1 heterocycles. The van der Waals surface area contributed by atoms with Crippen LogP contribution in [0.4, 0.5) is 4.39 Å². The highest BCUT2D eigenvalue weighted by Crippen LogP contribution is 2.27. The highest BCUT2D eigenvalue weighted by Gasteiger charge is 2.13. The lowest BCUT2D eigenvalue weighted by Gasteiger charge is -2.20. The normalized spacial score (nSPS) is 11.7. The second-order valence-electron chi connectivity index (χ2n) is 5.84. The van der Waals surface area contributed by atoms with Crippen LogP contribution in [0.25, 0.3) is 0 Å². The summed E-state index contributed by atoms with van der Waals surface area (Å²) < 4.78 is 25.0. The Morgan fingerprint density at radius 3 is 2.76 bits per heavy atom. The van der Waals surface area contributed by atoms with Crippen LogP contribution in [-0.2, 0) is 13.2 Å². The fraction of sp³-hybridized carbons (Fsp3) is 0.375. The second kappa shape index (κ2) is 6.62. The van der Waals surface area contributed by atoms with Crippen LogP contribution in [0.3, 0.4) is 0 Å². The maximum atomic E-state index is 13.2. The van der Waals surface area contributed by atoms with Crippen molar-refractivity contribution in [2.75, 3.05) is 0 Å². The van der Waals surface area contributed by atoms with Crippen LogP contribution in [0.1, 0.15) is 32.1 Å². The SMILES string of the molecule is CC(C)(C)NCc1ccoc1COc1cc(F)ccc1Br. The van der Waals surface area contributed by atoms with Gasteiger partial charge in [-0.15, -0.1) is 0 Å². The number of rotatable bonds is 5. The first-order valence-corrected chi connectivity index (χ1v) is 7.52. The van der Waals surface area contributed by atoms with Crippen LogP contribution < -0.4 is 10.1 Å². The summed E-state index contributed by atoms with van der Waals surface area (Å²) in [6, 6.07) is 6.26. The molecule has 2 aromatic rings. The van der Waals surface area contributed by atoms with E-state index in [4.69, 9.17) is 9.15 Å². The Morgan fingerprint density at radius 1 is 1.29 bits per heavy atom. The summed E-state index contributed by atoms with van der Waals surface area (Å²) in [6.07, 6.45) is 1.64. The molecule has 0 saturated heterocycles. The second-order valence-corrected chi connectivity index (χ2v) is 6.69. The molecular weight excluding hydrogens is 337 g/mol. The lowest BCUT2D eigenvalue weighted by Crippen LogP contribution is -2.35. The number of hydrogen-bond acceptors (Lipinski definition) is 3. The van der Waals surface area contributed by atoms with Crippen molar-refractivity contribution in [2.45, 2.75) is 39.5 Å². The molecule has 0 saturated carbocycles. The van der Waals surface area contributed by atoms with E-state index in [2.05, 4.69) is 42.0 Å². The maximum Gasteiger partial charge on any atom is 0.146 e. The van der Waals surface area contributed by atoms with Crippen molar-refractivity contribution in [3.05, 3.63) is 52.1 Å². The van der Waals surface area contributed by atoms with Crippen LogP contribution in [0.15, 0.2) is 39.4 Å². The van der Waals surface area contributed by atoms with Gasteiger partial charge in [0.05, 0.1) is 10.7 Å². The third kappa shape index (κ3) is 4.86. The van der Waals surface area contributed by atoms with Gasteiger partial charge in [-0.3, -0.25) is 0 Å². The largest absolute Gasteiger partial charge is 0.484 e. The predicted molar refractivity (Wildman–Crippen MR) is 83.7 cm³/mol. The van der Waals surface area contributed by atoms with E-state index < -0.39 is 0 Å². The van der Waals surface area contributed by atoms with Gasteiger partial charge in [-0.1, -0.05) is 0 Å². The molecule has 1 aromatic heterocycles. The van der Waals surface area contributed by atoms with Gasteiger partial charge in [-0.25, -0.2) is 4.39 Å². The minimum absolute atomic E-state index is 0.0288. The zero-order valence-corrected chi connectivity index (χ0v) is 14.0. The topological polar surface area (TPSA) is 34.4 Å². The standard InChI is InChI=1S/C16H19BrFNO2/c1-16(2,3)19-9-11-6-7-20-15(11)10-21-14-8-12(18)4-5-13(14)17/h4-8,19H,9-10H2,1-3H3. The van der Waals surface area contributed by atoms with E-state index in [1.54, 1.807) is 12.3 Å². The van der Waals surface area contributed by atoms with Gasteiger partial charge in [0.1, 0.15) is 23.9 Å². The van der Waals surface area contributed by atoms with Crippen molar-refractivity contribution in [2.24, 2.45) is 0 Å². The Labute approximate surface area is 132 Å². The van der Waals surface area contributed by atoms with E-state index in [-0.39, 0.29) is 18.0 Å². The molecule has 0 aliphatic heterocycles. The molecule has 0 bridgehead atoms. The molecule has 21 heavy (non-hydrogen) atoms. The zero-order valence-electron chi connectivity index (χ0n) is 12.4. The smallest absolute Gasteiger partial charge is 0.146 e. The first-order chi connectivity index (χ1) is 9.85. The Morgan fingerprint density at radius 2 is 2.05 bits per heavy atom. The van der Waals surface area contributed by atoms with Crippen LogP contribution in [0.2, 0.25) is 0 Å². The van der Waals surface area contributed by atoms with Crippen LogP contribution in [0, 0.1) is 5.82 Å². The fourth-order valence-corrected chi connectivity index (χ4v) is 2.10. The van der Waals surface area contributed by atoms with Gasteiger partial charge in [0.2, 0.25) is 0 Å². The number of nitrogens with one attached hydrogen (secondary N) is 1. The van der Waals surface area contributed by atoms with E-state index in [9.17, 15) is 4.39 Å². The quantitative estimate of drug-likeness (QED) is 0.847. The highest BCUT2D eigenvalue weighted by molar-refractivity contribution is 9.10. The third-order valence-corrected chi connectivity index (χ3v) is 3.55. The predicted octanol–water partition coefficient (Wildman–Crippen LogP) is 4.65. The van der Waals surface area contributed by atoms with Gasteiger partial charge < -0.3 is 14.5 Å². The minimum Gasteiger partial charge on any atom is -0.484 e. The summed E-state index contributed by atoms with van der Waals surface area (Å²) in [5, 5.41) is 3.40. The van der Waals surface area contributed by atoms with Crippen molar-refractivity contribution < 1.29 is 13.5 Å². The monoisotopic (exact) mass is 355 g/mol. The third-order valence-electron chi connectivity index (χ3n) is 2.90. The average molecular weight is 356 g/mol. The Bertz CT molecular complexity index is 605. The summed E-state index contributed by atoms with van der Waals surface area (Å²) in [7, 11) is 0. The molecule has 0 radical (unpaired) electrons. The highest BCUT2D eigenvalue weighted by atomic mass is 79.9. The van der Waals surface area contributed by atoms with E-state index in [1.165, 1.54) is 12.1 Å². The van der Waals surface area contributed by atoms with Crippen molar-refractivity contribution >= 4 is 15.9 Å². The summed E-state index contributed by atoms with van der Waals surface area (Å²) >= 11 is 3.34. The molecule has 1 aromatic carbocycles. The Kier molecular flexibility index (Phi) is 5.06. The number of ether oxygens (including phenoxy) is 1. The molecular formula is C16H19BrFNO2. The molecule has 1 N–H and O–H groups in total. The summed E-state index contributed by atoms with van der Waals surface area (Å²) in [5.41, 5.74) is 1.07. The van der Waals surface area contributed by atoms with Crippen LogP contribution in [-0.4, -0.2) is 5.54 Å². The molecule has 3 nitrogen and oxygen atoms in total. The van der Waals surface area contributed by atoms with Crippen molar-refractivity contribution in [3.63, 3.8) is 0 Å². The Hall–Kier alpha value is -1.33. The molecule has 114 valence electrons. The van der Waals surface area contributed by atoms with E-state index in [0.29, 0.717) is 16.8 Å². The summed E-state index contributed by atoms with van der Waals surface area (Å²) in [5.74, 6) is 0.867.